The Kier molecular flexibility index (Phi) is 4.76. The van der Waals surface area contributed by atoms with E-state index in [-0.39, 0.29) is 0 Å². The Morgan fingerprint density at radius 3 is 2.33 bits per heavy atom. The van der Waals surface area contributed by atoms with Crippen molar-refractivity contribution in [3.05, 3.63) is 28.8 Å². The summed E-state index contributed by atoms with van der Waals surface area (Å²) in [6.45, 7) is 7.97. The molecule has 1 rings (SSSR count). The van der Waals surface area contributed by atoms with Crippen molar-refractivity contribution >= 4 is 5.97 Å². The SMILES string of the molecule is COc1cc(C)c(C(CC(C)C)C(=O)O)cc1C. The molecule has 18 heavy (non-hydrogen) atoms. The lowest BCUT2D eigenvalue weighted by Gasteiger charge is -2.19. The molecule has 3 heteroatoms. The first-order valence-corrected chi connectivity index (χ1v) is 6.24. The number of methoxy groups -OCH3 is 1. The zero-order valence-electron chi connectivity index (χ0n) is 11.8. The van der Waals surface area contributed by atoms with E-state index in [1.165, 1.54) is 0 Å². The highest BCUT2D eigenvalue weighted by molar-refractivity contribution is 5.77. The van der Waals surface area contributed by atoms with E-state index in [4.69, 9.17) is 4.74 Å². The molecule has 0 aliphatic rings. The van der Waals surface area contributed by atoms with Crippen LogP contribution in [0.25, 0.3) is 0 Å². The monoisotopic (exact) mass is 250 g/mol. The highest BCUT2D eigenvalue weighted by atomic mass is 16.5. The Balaban J connectivity index is 3.20. The van der Waals surface area contributed by atoms with E-state index in [9.17, 15) is 9.90 Å². The number of rotatable bonds is 5. The Hall–Kier alpha value is -1.51. The summed E-state index contributed by atoms with van der Waals surface area (Å²) in [5.74, 6) is -0.0242. The summed E-state index contributed by atoms with van der Waals surface area (Å²) in [7, 11) is 1.63. The molecule has 100 valence electrons. The third kappa shape index (κ3) is 3.25. The number of benzene rings is 1. The van der Waals surface area contributed by atoms with Gasteiger partial charge in [-0.1, -0.05) is 19.9 Å². The summed E-state index contributed by atoms with van der Waals surface area (Å²) in [6.07, 6.45) is 0.655. The molecule has 1 aromatic carbocycles. The summed E-state index contributed by atoms with van der Waals surface area (Å²) in [6, 6.07) is 3.86. The molecular formula is C15H22O3. The van der Waals surface area contributed by atoms with Crippen molar-refractivity contribution in [2.24, 2.45) is 5.92 Å². The van der Waals surface area contributed by atoms with Crippen LogP contribution in [-0.2, 0) is 4.79 Å². The van der Waals surface area contributed by atoms with Crippen LogP contribution in [0, 0.1) is 19.8 Å². The molecule has 1 unspecified atom stereocenters. The van der Waals surface area contributed by atoms with Crippen LogP contribution in [0.15, 0.2) is 12.1 Å². The van der Waals surface area contributed by atoms with Crippen LogP contribution in [-0.4, -0.2) is 18.2 Å². The lowest BCUT2D eigenvalue weighted by atomic mass is 9.87. The predicted octanol–water partition coefficient (Wildman–Crippen LogP) is 3.53. The number of carboxylic acid groups (broad SMARTS) is 1. The molecule has 0 fully saturated rings. The van der Waals surface area contributed by atoms with Crippen molar-refractivity contribution < 1.29 is 14.6 Å². The fourth-order valence-electron chi connectivity index (χ4n) is 2.24. The van der Waals surface area contributed by atoms with E-state index in [1.807, 2.05) is 39.8 Å². The molecule has 0 aliphatic carbocycles. The third-order valence-corrected chi connectivity index (χ3v) is 3.16. The Labute approximate surface area is 109 Å². The van der Waals surface area contributed by atoms with Crippen LogP contribution in [0.1, 0.15) is 42.9 Å². The van der Waals surface area contributed by atoms with E-state index in [0.29, 0.717) is 12.3 Å². The maximum absolute atomic E-state index is 11.4. The summed E-state index contributed by atoms with van der Waals surface area (Å²) >= 11 is 0. The van der Waals surface area contributed by atoms with Crippen LogP contribution in [0.5, 0.6) is 5.75 Å². The van der Waals surface area contributed by atoms with Gasteiger partial charge in [0, 0.05) is 0 Å². The van der Waals surface area contributed by atoms with Crippen molar-refractivity contribution in [3.63, 3.8) is 0 Å². The minimum absolute atomic E-state index is 0.355. The normalized spacial score (nSPS) is 12.6. The average Bonchev–Trinajstić information content (AvgIpc) is 2.28. The zero-order valence-corrected chi connectivity index (χ0v) is 11.8. The van der Waals surface area contributed by atoms with E-state index in [2.05, 4.69) is 0 Å². The van der Waals surface area contributed by atoms with Crippen LogP contribution < -0.4 is 4.74 Å². The zero-order chi connectivity index (χ0) is 13.9. The van der Waals surface area contributed by atoms with Crippen LogP contribution >= 0.6 is 0 Å². The fraction of sp³-hybridized carbons (Fsp3) is 0.533. The molecule has 0 spiro atoms. The molecule has 0 bridgehead atoms. The first-order valence-electron chi connectivity index (χ1n) is 6.24. The fourth-order valence-corrected chi connectivity index (χ4v) is 2.24. The van der Waals surface area contributed by atoms with Gasteiger partial charge in [-0.15, -0.1) is 0 Å². The molecule has 0 amide bonds. The molecule has 0 saturated carbocycles. The maximum Gasteiger partial charge on any atom is 0.310 e. The van der Waals surface area contributed by atoms with Gasteiger partial charge >= 0.3 is 5.97 Å². The second-order valence-corrected chi connectivity index (χ2v) is 5.20. The van der Waals surface area contributed by atoms with Crippen molar-refractivity contribution in [1.82, 2.24) is 0 Å². The topological polar surface area (TPSA) is 46.5 Å². The van der Waals surface area contributed by atoms with Gasteiger partial charge in [0.2, 0.25) is 0 Å². The summed E-state index contributed by atoms with van der Waals surface area (Å²) in [5.41, 5.74) is 2.85. The van der Waals surface area contributed by atoms with Crippen LogP contribution in [0.4, 0.5) is 0 Å². The molecule has 0 aromatic heterocycles. The molecule has 1 atom stereocenters. The third-order valence-electron chi connectivity index (χ3n) is 3.16. The van der Waals surface area contributed by atoms with Gasteiger partial charge in [0.25, 0.3) is 0 Å². The van der Waals surface area contributed by atoms with E-state index < -0.39 is 11.9 Å². The Bertz CT molecular complexity index is 436. The van der Waals surface area contributed by atoms with Crippen LogP contribution in [0.2, 0.25) is 0 Å². The van der Waals surface area contributed by atoms with Gasteiger partial charge in [0.05, 0.1) is 13.0 Å². The smallest absolute Gasteiger partial charge is 0.310 e. The number of aryl methyl sites for hydroxylation is 2. The Morgan fingerprint density at radius 1 is 1.28 bits per heavy atom. The minimum atomic E-state index is -0.753. The molecule has 0 saturated heterocycles. The first-order chi connectivity index (χ1) is 8.36. The van der Waals surface area contributed by atoms with Gasteiger partial charge in [-0.3, -0.25) is 4.79 Å². The standard InChI is InChI=1S/C15H22O3/c1-9(2)6-13(15(16)17)12-7-11(4)14(18-5)8-10(12)3/h7-9,13H,6H2,1-5H3,(H,16,17). The number of carboxylic acids is 1. The predicted molar refractivity (Wildman–Crippen MR) is 72.3 cm³/mol. The highest BCUT2D eigenvalue weighted by Crippen LogP contribution is 2.31. The number of hydrogen-bond donors (Lipinski definition) is 1. The van der Waals surface area contributed by atoms with Gasteiger partial charge in [0.15, 0.2) is 0 Å². The van der Waals surface area contributed by atoms with Crippen molar-refractivity contribution in [2.45, 2.75) is 40.0 Å². The molecule has 0 radical (unpaired) electrons. The molecule has 0 heterocycles. The number of aliphatic carboxylic acids is 1. The van der Waals surface area contributed by atoms with Crippen molar-refractivity contribution in [3.8, 4) is 5.75 Å². The molecule has 3 nitrogen and oxygen atoms in total. The average molecular weight is 250 g/mol. The summed E-state index contributed by atoms with van der Waals surface area (Å²) in [5, 5.41) is 9.39. The largest absolute Gasteiger partial charge is 0.496 e. The van der Waals surface area contributed by atoms with Crippen molar-refractivity contribution in [2.75, 3.05) is 7.11 Å². The van der Waals surface area contributed by atoms with Gasteiger partial charge in [-0.05, 0) is 48.9 Å². The summed E-state index contributed by atoms with van der Waals surface area (Å²) in [4.78, 5) is 11.4. The second-order valence-electron chi connectivity index (χ2n) is 5.20. The quantitative estimate of drug-likeness (QED) is 0.869. The molecule has 1 aromatic rings. The molecule has 1 N–H and O–H groups in total. The van der Waals surface area contributed by atoms with E-state index in [0.717, 1.165) is 22.4 Å². The van der Waals surface area contributed by atoms with Gasteiger partial charge in [-0.25, -0.2) is 0 Å². The lowest BCUT2D eigenvalue weighted by molar-refractivity contribution is -0.139. The van der Waals surface area contributed by atoms with E-state index in [1.54, 1.807) is 7.11 Å². The highest BCUT2D eigenvalue weighted by Gasteiger charge is 2.23. The van der Waals surface area contributed by atoms with Crippen LogP contribution in [0.3, 0.4) is 0 Å². The van der Waals surface area contributed by atoms with Gasteiger partial charge < -0.3 is 9.84 Å². The van der Waals surface area contributed by atoms with Crippen molar-refractivity contribution in [1.29, 1.82) is 0 Å². The number of carbonyl (C=O) groups is 1. The lowest BCUT2D eigenvalue weighted by Crippen LogP contribution is -2.15. The minimum Gasteiger partial charge on any atom is -0.496 e. The number of hydrogen-bond acceptors (Lipinski definition) is 2. The van der Waals surface area contributed by atoms with Gasteiger partial charge in [-0.2, -0.15) is 0 Å². The van der Waals surface area contributed by atoms with Gasteiger partial charge in [0.1, 0.15) is 5.75 Å². The second kappa shape index (κ2) is 5.89. The number of ether oxygens (including phenoxy) is 1. The summed E-state index contributed by atoms with van der Waals surface area (Å²) < 4.78 is 5.25. The first kappa shape index (κ1) is 14.6. The Morgan fingerprint density at radius 2 is 1.89 bits per heavy atom. The molecule has 0 aliphatic heterocycles. The maximum atomic E-state index is 11.4. The van der Waals surface area contributed by atoms with E-state index >= 15 is 0 Å². The molecular weight excluding hydrogens is 228 g/mol.